The number of likely N-dealkylation sites (tertiary alicyclic amines) is 1. The number of benzene rings is 1. The average Bonchev–Trinajstić information content (AvgIpc) is 3.45. The molecule has 6 nitrogen and oxygen atoms in total. The van der Waals surface area contributed by atoms with Crippen molar-refractivity contribution in [2.24, 2.45) is 18.9 Å². The van der Waals surface area contributed by atoms with Gasteiger partial charge in [-0.05, 0) is 79.2 Å². The first-order valence-corrected chi connectivity index (χ1v) is 13.9. The Bertz CT molecular complexity index is 1320. The molecule has 1 N–H and O–H groups in total. The lowest BCUT2D eigenvalue weighted by Crippen LogP contribution is -2.61. The van der Waals surface area contributed by atoms with Gasteiger partial charge in [-0.15, -0.1) is 0 Å². The van der Waals surface area contributed by atoms with E-state index in [1.807, 2.05) is 31.6 Å². The summed E-state index contributed by atoms with van der Waals surface area (Å²) < 4.78 is 15.7. The summed E-state index contributed by atoms with van der Waals surface area (Å²) in [5.41, 5.74) is 1.28. The van der Waals surface area contributed by atoms with Crippen LogP contribution in [0.4, 0.5) is 10.2 Å². The maximum Gasteiger partial charge on any atom is 0.229 e. The zero-order chi connectivity index (χ0) is 25.9. The highest BCUT2D eigenvalue weighted by Gasteiger charge is 2.54. The van der Waals surface area contributed by atoms with Crippen molar-refractivity contribution < 1.29 is 9.18 Å². The van der Waals surface area contributed by atoms with Crippen LogP contribution in [-0.2, 0) is 11.8 Å². The molecule has 3 unspecified atom stereocenters. The third-order valence-corrected chi connectivity index (χ3v) is 9.19. The molecule has 3 fully saturated rings. The predicted molar refractivity (Wildman–Crippen MR) is 145 cm³/mol. The van der Waals surface area contributed by atoms with Gasteiger partial charge in [0.05, 0.1) is 6.20 Å². The number of alkyl halides is 1. The van der Waals surface area contributed by atoms with Crippen LogP contribution in [0.1, 0.15) is 68.9 Å². The topological polar surface area (TPSA) is 63.1 Å². The predicted octanol–water partition coefficient (Wildman–Crippen LogP) is 6.07. The molecule has 3 aromatic rings. The molecule has 2 saturated carbocycles. The Morgan fingerprint density at radius 2 is 1.92 bits per heavy atom. The quantitative estimate of drug-likeness (QED) is 0.426. The lowest BCUT2D eigenvalue weighted by molar-refractivity contribution is -0.117. The van der Waals surface area contributed by atoms with Gasteiger partial charge in [0, 0.05) is 60.8 Å². The summed E-state index contributed by atoms with van der Waals surface area (Å²) in [6.07, 6.45) is 10.9. The molecule has 3 atom stereocenters. The number of carbonyl (C=O) groups excluding carboxylic acids is 1. The number of anilines is 1. The van der Waals surface area contributed by atoms with Crippen molar-refractivity contribution in [1.82, 2.24) is 19.7 Å². The van der Waals surface area contributed by atoms with E-state index in [-0.39, 0.29) is 17.7 Å². The van der Waals surface area contributed by atoms with Crippen LogP contribution in [0.3, 0.4) is 0 Å². The van der Waals surface area contributed by atoms with Crippen LogP contribution in [0.5, 0.6) is 0 Å². The van der Waals surface area contributed by atoms with Crippen LogP contribution in [0.15, 0.2) is 36.8 Å². The number of aryl methyl sites for hydroxylation is 1. The Morgan fingerprint density at radius 3 is 2.57 bits per heavy atom. The summed E-state index contributed by atoms with van der Waals surface area (Å²) in [6, 6.07) is 6.61. The van der Waals surface area contributed by atoms with Gasteiger partial charge in [-0.25, -0.2) is 9.37 Å². The number of hydrogen-bond acceptors (Lipinski definition) is 4. The first-order valence-electron chi connectivity index (χ1n) is 13.5. The molecule has 1 saturated heterocycles. The summed E-state index contributed by atoms with van der Waals surface area (Å²) in [7, 11) is 1.90. The normalized spacial score (nSPS) is 29.2. The molecule has 3 heterocycles. The van der Waals surface area contributed by atoms with Gasteiger partial charge >= 0.3 is 0 Å². The molecule has 1 amide bonds. The molecule has 196 valence electrons. The van der Waals surface area contributed by atoms with Gasteiger partial charge in [0.1, 0.15) is 11.5 Å². The summed E-state index contributed by atoms with van der Waals surface area (Å²) in [5, 5.41) is 10.1. The van der Waals surface area contributed by atoms with Gasteiger partial charge in [-0.2, -0.15) is 5.10 Å². The minimum atomic E-state index is -1.02. The summed E-state index contributed by atoms with van der Waals surface area (Å²) in [6.45, 7) is 4.95. The number of amides is 1. The van der Waals surface area contributed by atoms with Gasteiger partial charge < -0.3 is 5.32 Å². The van der Waals surface area contributed by atoms with Crippen LogP contribution in [0.2, 0.25) is 5.02 Å². The molecule has 1 aliphatic heterocycles. The first-order chi connectivity index (χ1) is 17.7. The second-order valence-electron chi connectivity index (χ2n) is 11.7. The van der Waals surface area contributed by atoms with E-state index < -0.39 is 5.67 Å². The minimum absolute atomic E-state index is 0.0236. The highest BCUT2D eigenvalue weighted by Crippen LogP contribution is 2.56. The SMILES string of the molecule is CCC1C(C(=O)Nc2cc3cc(C4CCC(N5CC(C)(F)C5)CC4)c(Cl)cc3cn2)C1c1cnn(C)c1. The maximum absolute atomic E-state index is 14.0. The van der Waals surface area contributed by atoms with Crippen LogP contribution < -0.4 is 5.32 Å². The fourth-order valence-corrected chi connectivity index (χ4v) is 7.22. The standard InChI is InChI=1S/C29H35ClFN5O/c1-4-22-26(20-13-33-35(3)14-20)27(22)28(37)34-25-11-18-9-23(24(30)10-19(18)12-32-25)17-5-7-21(8-6-17)36-15-29(2,31)16-36/h9-14,17,21-22,26-27H,4-8,15-16H2,1-3H3,(H,32,34,37). The smallest absolute Gasteiger partial charge is 0.229 e. The number of nitrogens with one attached hydrogen (secondary N) is 1. The molecule has 2 aromatic heterocycles. The zero-order valence-electron chi connectivity index (χ0n) is 21.8. The number of pyridine rings is 1. The van der Waals surface area contributed by atoms with E-state index in [0.717, 1.165) is 53.5 Å². The highest BCUT2D eigenvalue weighted by molar-refractivity contribution is 6.32. The zero-order valence-corrected chi connectivity index (χ0v) is 22.5. The third-order valence-electron chi connectivity index (χ3n) is 8.86. The van der Waals surface area contributed by atoms with E-state index in [1.165, 1.54) is 5.56 Å². The van der Waals surface area contributed by atoms with Crippen molar-refractivity contribution in [1.29, 1.82) is 0 Å². The van der Waals surface area contributed by atoms with Crippen molar-refractivity contribution in [3.8, 4) is 0 Å². The molecule has 1 aromatic carbocycles. The largest absolute Gasteiger partial charge is 0.310 e. The number of nitrogens with zero attached hydrogens (tertiary/aromatic N) is 4. The van der Waals surface area contributed by atoms with Crippen molar-refractivity contribution >= 4 is 34.1 Å². The van der Waals surface area contributed by atoms with Crippen LogP contribution in [-0.4, -0.2) is 50.4 Å². The van der Waals surface area contributed by atoms with E-state index in [0.29, 0.717) is 36.8 Å². The second-order valence-corrected chi connectivity index (χ2v) is 12.1. The fourth-order valence-electron chi connectivity index (χ4n) is 6.89. The maximum atomic E-state index is 14.0. The number of rotatable bonds is 6. The summed E-state index contributed by atoms with van der Waals surface area (Å²) in [5.74, 6) is 1.50. The number of fused-ring (bicyclic) bond motifs is 1. The number of hydrogen-bond donors (Lipinski definition) is 1. The Morgan fingerprint density at radius 1 is 1.16 bits per heavy atom. The lowest BCUT2D eigenvalue weighted by atomic mass is 9.79. The fraction of sp³-hybridized carbons (Fsp3) is 0.552. The Labute approximate surface area is 222 Å². The molecule has 6 rings (SSSR count). The number of aromatic nitrogens is 3. The first kappa shape index (κ1) is 24.8. The molecule has 0 bridgehead atoms. The minimum Gasteiger partial charge on any atom is -0.310 e. The van der Waals surface area contributed by atoms with Crippen molar-refractivity contribution in [2.75, 3.05) is 18.4 Å². The third kappa shape index (κ3) is 4.76. The second kappa shape index (κ2) is 9.35. The van der Waals surface area contributed by atoms with Gasteiger partial charge in [0.2, 0.25) is 5.91 Å². The summed E-state index contributed by atoms with van der Waals surface area (Å²) >= 11 is 6.73. The molecule has 2 aliphatic carbocycles. The molecule has 0 spiro atoms. The average molecular weight is 524 g/mol. The number of halogens is 2. The van der Waals surface area contributed by atoms with Gasteiger partial charge in [0.15, 0.2) is 0 Å². The summed E-state index contributed by atoms with van der Waals surface area (Å²) in [4.78, 5) is 20.0. The van der Waals surface area contributed by atoms with Crippen LogP contribution >= 0.6 is 11.6 Å². The van der Waals surface area contributed by atoms with E-state index in [2.05, 4.69) is 33.3 Å². The molecular weight excluding hydrogens is 489 g/mol. The molecule has 0 radical (unpaired) electrons. The monoisotopic (exact) mass is 523 g/mol. The van der Waals surface area contributed by atoms with Crippen LogP contribution in [0.25, 0.3) is 10.8 Å². The Balaban J connectivity index is 1.14. The molecule has 37 heavy (non-hydrogen) atoms. The Hall–Kier alpha value is -2.51. The molecule has 3 aliphatic rings. The lowest BCUT2D eigenvalue weighted by Gasteiger charge is -2.48. The van der Waals surface area contributed by atoms with E-state index in [9.17, 15) is 9.18 Å². The van der Waals surface area contributed by atoms with E-state index in [1.54, 1.807) is 17.8 Å². The van der Waals surface area contributed by atoms with E-state index >= 15 is 0 Å². The Kier molecular flexibility index (Phi) is 6.27. The van der Waals surface area contributed by atoms with Gasteiger partial charge in [-0.1, -0.05) is 24.9 Å². The van der Waals surface area contributed by atoms with Gasteiger partial charge in [-0.3, -0.25) is 14.4 Å². The highest BCUT2D eigenvalue weighted by atomic mass is 35.5. The molecule has 8 heteroatoms. The van der Waals surface area contributed by atoms with E-state index in [4.69, 9.17) is 11.6 Å². The number of carbonyl (C=O) groups is 1. The van der Waals surface area contributed by atoms with Crippen molar-refractivity contribution in [2.45, 2.75) is 69.5 Å². The van der Waals surface area contributed by atoms with Crippen molar-refractivity contribution in [3.05, 3.63) is 52.9 Å². The van der Waals surface area contributed by atoms with Crippen molar-refractivity contribution in [3.63, 3.8) is 0 Å². The van der Waals surface area contributed by atoms with Gasteiger partial charge in [0.25, 0.3) is 0 Å². The molecular formula is C29H35ClFN5O. The van der Waals surface area contributed by atoms with Crippen LogP contribution in [0, 0.1) is 11.8 Å².